The van der Waals surface area contributed by atoms with Crippen LogP contribution in [0.5, 0.6) is 0 Å². The standard InChI is InChI=1S/C18H19N5O2/c24-23(25)14-5-6-16(17(11-14)21-8-3-1-2-4-9-21)18-20-13-15-12-19-7-10-22(15)18/h5-7,10-13H,1-4,8-9H2. The first-order chi connectivity index (χ1) is 12.2. The lowest BCUT2D eigenvalue weighted by Gasteiger charge is -2.25. The Morgan fingerprint density at radius 1 is 1.08 bits per heavy atom. The SMILES string of the molecule is O=[N+]([O-])c1ccc(-c2ncc3cnccn23)c(N2CCCCCC2)c1. The number of nitrogens with zero attached hydrogens (tertiary/aromatic N) is 5. The number of nitro benzene ring substituents is 1. The smallest absolute Gasteiger partial charge is 0.271 e. The van der Waals surface area contributed by atoms with Crippen LogP contribution in [-0.4, -0.2) is 32.4 Å². The van der Waals surface area contributed by atoms with E-state index in [1.165, 1.54) is 12.8 Å². The van der Waals surface area contributed by atoms with Crippen molar-refractivity contribution in [3.05, 3.63) is 53.1 Å². The van der Waals surface area contributed by atoms with E-state index in [2.05, 4.69) is 14.9 Å². The molecule has 0 amide bonds. The molecule has 0 aliphatic carbocycles. The normalized spacial score (nSPS) is 15.3. The van der Waals surface area contributed by atoms with Crippen molar-refractivity contribution in [3.63, 3.8) is 0 Å². The van der Waals surface area contributed by atoms with E-state index in [0.29, 0.717) is 0 Å². The summed E-state index contributed by atoms with van der Waals surface area (Å²) in [6.07, 6.45) is 11.7. The van der Waals surface area contributed by atoms with Gasteiger partial charge in [-0.25, -0.2) is 4.98 Å². The lowest BCUT2D eigenvalue weighted by atomic mass is 10.1. The first-order valence-electron chi connectivity index (χ1n) is 8.55. The molecular weight excluding hydrogens is 318 g/mol. The van der Waals surface area contributed by atoms with Gasteiger partial charge < -0.3 is 4.90 Å². The number of hydrogen-bond donors (Lipinski definition) is 0. The maximum Gasteiger partial charge on any atom is 0.271 e. The van der Waals surface area contributed by atoms with Crippen molar-refractivity contribution in [1.82, 2.24) is 14.4 Å². The minimum Gasteiger partial charge on any atom is -0.371 e. The van der Waals surface area contributed by atoms with Gasteiger partial charge >= 0.3 is 0 Å². The van der Waals surface area contributed by atoms with Gasteiger partial charge in [-0.15, -0.1) is 0 Å². The predicted molar refractivity (Wildman–Crippen MR) is 95.8 cm³/mol. The van der Waals surface area contributed by atoms with E-state index in [1.54, 1.807) is 30.7 Å². The molecule has 25 heavy (non-hydrogen) atoms. The topological polar surface area (TPSA) is 76.6 Å². The maximum atomic E-state index is 11.3. The van der Waals surface area contributed by atoms with E-state index in [4.69, 9.17) is 0 Å². The summed E-state index contributed by atoms with van der Waals surface area (Å²) in [5, 5.41) is 11.3. The van der Waals surface area contributed by atoms with E-state index in [-0.39, 0.29) is 10.6 Å². The number of hydrogen-bond acceptors (Lipinski definition) is 5. The van der Waals surface area contributed by atoms with Crippen molar-refractivity contribution in [2.45, 2.75) is 25.7 Å². The molecule has 1 saturated heterocycles. The number of aromatic nitrogens is 3. The molecule has 0 spiro atoms. The highest BCUT2D eigenvalue weighted by molar-refractivity contribution is 5.78. The van der Waals surface area contributed by atoms with Crippen LogP contribution in [0.1, 0.15) is 25.7 Å². The first-order valence-corrected chi connectivity index (χ1v) is 8.55. The van der Waals surface area contributed by atoms with E-state index in [1.807, 2.05) is 16.7 Å². The van der Waals surface area contributed by atoms with Crippen molar-refractivity contribution >= 4 is 16.9 Å². The molecule has 2 aromatic heterocycles. The second kappa shape index (κ2) is 6.51. The second-order valence-electron chi connectivity index (χ2n) is 6.31. The Bertz CT molecular complexity index is 913. The van der Waals surface area contributed by atoms with Crippen LogP contribution in [0.2, 0.25) is 0 Å². The third kappa shape index (κ3) is 2.93. The Balaban J connectivity index is 1.87. The van der Waals surface area contributed by atoms with Crippen LogP contribution in [0.15, 0.2) is 43.0 Å². The highest BCUT2D eigenvalue weighted by Crippen LogP contribution is 2.35. The Morgan fingerprint density at radius 3 is 2.64 bits per heavy atom. The van der Waals surface area contributed by atoms with Gasteiger partial charge in [-0.05, 0) is 18.9 Å². The zero-order valence-corrected chi connectivity index (χ0v) is 13.8. The third-order valence-corrected chi connectivity index (χ3v) is 4.71. The molecule has 3 heterocycles. The summed E-state index contributed by atoms with van der Waals surface area (Å²) in [5.74, 6) is 0.784. The molecule has 7 heteroatoms. The molecule has 1 aliphatic rings. The molecule has 0 N–H and O–H groups in total. The molecule has 0 bridgehead atoms. The van der Waals surface area contributed by atoms with Crippen LogP contribution < -0.4 is 4.90 Å². The molecule has 0 saturated carbocycles. The number of fused-ring (bicyclic) bond motifs is 1. The molecule has 1 aliphatic heterocycles. The lowest BCUT2D eigenvalue weighted by molar-refractivity contribution is -0.384. The highest BCUT2D eigenvalue weighted by Gasteiger charge is 2.20. The Kier molecular flexibility index (Phi) is 4.05. The number of nitro groups is 1. The van der Waals surface area contributed by atoms with Crippen molar-refractivity contribution in [3.8, 4) is 11.4 Å². The molecule has 1 aromatic carbocycles. The van der Waals surface area contributed by atoms with E-state index in [0.717, 1.165) is 48.5 Å². The van der Waals surface area contributed by atoms with Crippen molar-refractivity contribution in [1.29, 1.82) is 0 Å². The molecule has 0 atom stereocenters. The Labute approximate surface area is 145 Å². The van der Waals surface area contributed by atoms with Crippen LogP contribution in [0.25, 0.3) is 16.9 Å². The van der Waals surface area contributed by atoms with Gasteiger partial charge in [-0.2, -0.15) is 0 Å². The zero-order valence-electron chi connectivity index (χ0n) is 13.8. The number of anilines is 1. The molecule has 128 valence electrons. The number of benzene rings is 1. The largest absolute Gasteiger partial charge is 0.371 e. The first kappa shape index (κ1) is 15.6. The fourth-order valence-corrected chi connectivity index (χ4v) is 3.45. The molecule has 7 nitrogen and oxygen atoms in total. The van der Waals surface area contributed by atoms with Gasteiger partial charge in [0.25, 0.3) is 5.69 Å². The van der Waals surface area contributed by atoms with Gasteiger partial charge in [0, 0.05) is 43.2 Å². The quantitative estimate of drug-likeness (QED) is 0.538. The van der Waals surface area contributed by atoms with Gasteiger partial charge in [-0.1, -0.05) is 12.8 Å². The minimum absolute atomic E-state index is 0.116. The van der Waals surface area contributed by atoms with Gasteiger partial charge in [0.1, 0.15) is 5.82 Å². The summed E-state index contributed by atoms with van der Waals surface area (Å²) < 4.78 is 1.97. The van der Waals surface area contributed by atoms with Crippen LogP contribution in [-0.2, 0) is 0 Å². The maximum absolute atomic E-state index is 11.3. The minimum atomic E-state index is -0.335. The summed E-state index contributed by atoms with van der Waals surface area (Å²) >= 11 is 0. The van der Waals surface area contributed by atoms with Crippen molar-refractivity contribution in [2.75, 3.05) is 18.0 Å². The van der Waals surface area contributed by atoms with E-state index < -0.39 is 0 Å². The summed E-state index contributed by atoms with van der Waals surface area (Å²) in [6, 6.07) is 5.05. The summed E-state index contributed by atoms with van der Waals surface area (Å²) in [5.41, 5.74) is 2.82. The molecular formula is C18H19N5O2. The number of non-ortho nitro benzene ring substituents is 1. The van der Waals surface area contributed by atoms with Gasteiger partial charge in [0.15, 0.2) is 0 Å². The number of rotatable bonds is 3. The molecule has 3 aromatic rings. The number of imidazole rings is 1. The van der Waals surface area contributed by atoms with Gasteiger partial charge in [0.05, 0.1) is 28.5 Å². The van der Waals surface area contributed by atoms with Crippen LogP contribution in [0, 0.1) is 10.1 Å². The van der Waals surface area contributed by atoms with Crippen LogP contribution in [0.4, 0.5) is 11.4 Å². The van der Waals surface area contributed by atoms with E-state index >= 15 is 0 Å². The summed E-state index contributed by atoms with van der Waals surface area (Å²) in [7, 11) is 0. The fraction of sp³-hybridized carbons (Fsp3) is 0.333. The lowest BCUT2D eigenvalue weighted by Crippen LogP contribution is -2.24. The average molecular weight is 337 g/mol. The molecule has 0 unspecified atom stereocenters. The third-order valence-electron chi connectivity index (χ3n) is 4.71. The molecule has 1 fully saturated rings. The van der Waals surface area contributed by atoms with Crippen molar-refractivity contribution in [2.24, 2.45) is 0 Å². The molecule has 4 rings (SSSR count). The Morgan fingerprint density at radius 2 is 1.88 bits per heavy atom. The Hall–Kier alpha value is -2.96. The second-order valence-corrected chi connectivity index (χ2v) is 6.31. The highest BCUT2D eigenvalue weighted by atomic mass is 16.6. The predicted octanol–water partition coefficient (Wildman–Crippen LogP) is 3.68. The fourth-order valence-electron chi connectivity index (χ4n) is 3.45. The van der Waals surface area contributed by atoms with Gasteiger partial charge in [-0.3, -0.25) is 19.5 Å². The van der Waals surface area contributed by atoms with E-state index in [9.17, 15) is 10.1 Å². The average Bonchev–Trinajstić information content (AvgIpc) is 2.87. The summed E-state index contributed by atoms with van der Waals surface area (Å²) in [4.78, 5) is 21.9. The van der Waals surface area contributed by atoms with Gasteiger partial charge in [0.2, 0.25) is 0 Å². The van der Waals surface area contributed by atoms with Crippen molar-refractivity contribution < 1.29 is 4.92 Å². The zero-order chi connectivity index (χ0) is 17.2. The summed E-state index contributed by atoms with van der Waals surface area (Å²) in [6.45, 7) is 1.83. The molecule has 0 radical (unpaired) electrons. The monoisotopic (exact) mass is 337 g/mol. The van der Waals surface area contributed by atoms with Crippen LogP contribution in [0.3, 0.4) is 0 Å². The van der Waals surface area contributed by atoms with Crippen LogP contribution >= 0.6 is 0 Å².